The number of benzene rings is 1. The van der Waals surface area contributed by atoms with Gasteiger partial charge in [-0.2, -0.15) is 0 Å². The summed E-state index contributed by atoms with van der Waals surface area (Å²) in [6.45, 7) is 0. The molecule has 1 aromatic carbocycles. The topological polar surface area (TPSA) is 35.5 Å². The monoisotopic (exact) mass is 200 g/mol. The molecule has 0 saturated heterocycles. The Morgan fingerprint density at radius 3 is 2.23 bits per heavy atom. The van der Waals surface area contributed by atoms with Gasteiger partial charge in [0.2, 0.25) is 0 Å². The van der Waals surface area contributed by atoms with Crippen molar-refractivity contribution in [1.29, 1.82) is 0 Å². The predicted molar refractivity (Wildman–Crippen MR) is 49.9 cm³/mol. The van der Waals surface area contributed by atoms with Gasteiger partial charge in [0.25, 0.3) is 0 Å². The second-order valence-corrected chi connectivity index (χ2v) is 2.75. The Kier molecular flexibility index (Phi) is 3.14. The summed E-state index contributed by atoms with van der Waals surface area (Å²) < 4.78 is 9.98. The Morgan fingerprint density at radius 1 is 1.23 bits per heavy atom. The van der Waals surface area contributed by atoms with Crippen LogP contribution in [0.15, 0.2) is 12.1 Å². The quantitative estimate of drug-likeness (QED) is 0.702. The van der Waals surface area contributed by atoms with E-state index in [0.29, 0.717) is 28.4 Å². The zero-order valence-electron chi connectivity index (χ0n) is 7.33. The normalized spacial score (nSPS) is 9.46. The van der Waals surface area contributed by atoms with Crippen LogP contribution in [0.1, 0.15) is 10.4 Å². The molecule has 0 saturated carbocycles. The summed E-state index contributed by atoms with van der Waals surface area (Å²) in [6, 6.07) is 3.08. The van der Waals surface area contributed by atoms with Crippen molar-refractivity contribution in [2.24, 2.45) is 0 Å². The molecular formula is C9H9ClO3. The summed E-state index contributed by atoms with van der Waals surface area (Å²) in [5, 5.41) is 0.354. The minimum atomic E-state index is 0.354. The minimum Gasteiger partial charge on any atom is -0.493 e. The van der Waals surface area contributed by atoms with E-state index in [0.717, 1.165) is 0 Å². The fraction of sp³-hybridized carbons (Fsp3) is 0.222. The van der Waals surface area contributed by atoms with Crippen LogP contribution in [0.5, 0.6) is 11.5 Å². The summed E-state index contributed by atoms with van der Waals surface area (Å²) >= 11 is 5.77. The molecule has 0 bridgehead atoms. The van der Waals surface area contributed by atoms with Crippen LogP contribution in [-0.4, -0.2) is 20.5 Å². The van der Waals surface area contributed by atoms with Crippen molar-refractivity contribution >= 4 is 17.9 Å². The highest BCUT2D eigenvalue weighted by molar-refractivity contribution is 6.33. The third-order valence-electron chi connectivity index (χ3n) is 1.63. The second kappa shape index (κ2) is 4.14. The van der Waals surface area contributed by atoms with E-state index in [-0.39, 0.29) is 0 Å². The first kappa shape index (κ1) is 9.86. The molecule has 1 rings (SSSR count). The van der Waals surface area contributed by atoms with Gasteiger partial charge < -0.3 is 9.47 Å². The van der Waals surface area contributed by atoms with Gasteiger partial charge in [0.05, 0.1) is 19.2 Å². The second-order valence-electron chi connectivity index (χ2n) is 2.35. The molecule has 70 valence electrons. The molecule has 0 atom stereocenters. The number of halogens is 1. The highest BCUT2D eigenvalue weighted by Gasteiger charge is 2.08. The fourth-order valence-corrected chi connectivity index (χ4v) is 1.16. The van der Waals surface area contributed by atoms with E-state index < -0.39 is 0 Å². The highest BCUT2D eigenvalue weighted by Crippen LogP contribution is 2.32. The number of carbonyl (C=O) groups excluding carboxylic acids is 1. The molecule has 0 aliphatic carbocycles. The lowest BCUT2D eigenvalue weighted by Crippen LogP contribution is -1.92. The largest absolute Gasteiger partial charge is 0.493 e. The van der Waals surface area contributed by atoms with E-state index in [1.54, 1.807) is 6.07 Å². The van der Waals surface area contributed by atoms with Gasteiger partial charge in [-0.15, -0.1) is 0 Å². The lowest BCUT2D eigenvalue weighted by molar-refractivity contribution is 0.112. The van der Waals surface area contributed by atoms with Gasteiger partial charge in [-0.3, -0.25) is 4.79 Å². The van der Waals surface area contributed by atoms with Gasteiger partial charge in [-0.25, -0.2) is 0 Å². The van der Waals surface area contributed by atoms with Crippen LogP contribution < -0.4 is 9.47 Å². The van der Waals surface area contributed by atoms with Gasteiger partial charge >= 0.3 is 0 Å². The van der Waals surface area contributed by atoms with Crippen LogP contribution in [0.2, 0.25) is 5.02 Å². The zero-order valence-corrected chi connectivity index (χ0v) is 8.09. The number of hydrogen-bond acceptors (Lipinski definition) is 3. The molecule has 0 N–H and O–H groups in total. The van der Waals surface area contributed by atoms with Gasteiger partial charge in [0.15, 0.2) is 17.8 Å². The summed E-state index contributed by atoms with van der Waals surface area (Å²) in [4.78, 5) is 10.5. The molecule has 0 aliphatic heterocycles. The van der Waals surface area contributed by atoms with Crippen LogP contribution in [-0.2, 0) is 0 Å². The lowest BCUT2D eigenvalue weighted by Gasteiger charge is -2.08. The van der Waals surface area contributed by atoms with Crippen LogP contribution in [0.3, 0.4) is 0 Å². The van der Waals surface area contributed by atoms with E-state index in [1.807, 2.05) is 0 Å². The van der Waals surface area contributed by atoms with Crippen molar-refractivity contribution < 1.29 is 14.3 Å². The first-order valence-electron chi connectivity index (χ1n) is 3.59. The van der Waals surface area contributed by atoms with E-state index in [4.69, 9.17) is 21.1 Å². The molecule has 0 aliphatic rings. The zero-order chi connectivity index (χ0) is 9.84. The molecule has 0 aromatic heterocycles. The Bertz CT molecular complexity index is 323. The summed E-state index contributed by atoms with van der Waals surface area (Å²) in [6.07, 6.45) is 0.671. The summed E-state index contributed by atoms with van der Waals surface area (Å²) in [5.74, 6) is 1.01. The van der Waals surface area contributed by atoms with Gasteiger partial charge in [0.1, 0.15) is 0 Å². The van der Waals surface area contributed by atoms with Crippen molar-refractivity contribution in [3.63, 3.8) is 0 Å². The SMILES string of the molecule is COc1cc(Cl)c(C=O)cc1OC. The van der Waals surface area contributed by atoms with Crippen molar-refractivity contribution in [3.05, 3.63) is 22.7 Å². The number of hydrogen-bond donors (Lipinski definition) is 0. The Hall–Kier alpha value is -1.22. The van der Waals surface area contributed by atoms with Crippen molar-refractivity contribution in [3.8, 4) is 11.5 Å². The maximum atomic E-state index is 10.5. The summed E-state index contributed by atoms with van der Waals surface area (Å²) in [5.41, 5.74) is 0.388. The third-order valence-corrected chi connectivity index (χ3v) is 1.96. The van der Waals surface area contributed by atoms with Crippen LogP contribution in [0.4, 0.5) is 0 Å². The maximum absolute atomic E-state index is 10.5. The van der Waals surface area contributed by atoms with E-state index in [9.17, 15) is 4.79 Å². The van der Waals surface area contributed by atoms with Gasteiger partial charge in [-0.05, 0) is 6.07 Å². The number of aldehydes is 1. The molecule has 3 nitrogen and oxygen atoms in total. The van der Waals surface area contributed by atoms with Crippen LogP contribution >= 0.6 is 11.6 Å². The van der Waals surface area contributed by atoms with E-state index in [2.05, 4.69) is 0 Å². The average Bonchev–Trinajstić information content (AvgIpc) is 2.17. The Balaban J connectivity index is 3.26. The average molecular weight is 201 g/mol. The maximum Gasteiger partial charge on any atom is 0.162 e. The molecule has 0 amide bonds. The first-order chi connectivity index (χ1) is 6.22. The lowest BCUT2D eigenvalue weighted by atomic mass is 10.2. The number of methoxy groups -OCH3 is 2. The van der Waals surface area contributed by atoms with Crippen molar-refractivity contribution in [1.82, 2.24) is 0 Å². The summed E-state index contributed by atoms with van der Waals surface area (Å²) in [7, 11) is 3.01. The molecule has 4 heteroatoms. The molecule has 0 radical (unpaired) electrons. The van der Waals surface area contributed by atoms with Crippen LogP contribution in [0.25, 0.3) is 0 Å². The van der Waals surface area contributed by atoms with E-state index >= 15 is 0 Å². The standard InChI is InChI=1S/C9H9ClO3/c1-12-8-3-6(5-11)7(10)4-9(8)13-2/h3-5H,1-2H3. The molecular weight excluding hydrogens is 192 g/mol. The smallest absolute Gasteiger partial charge is 0.162 e. The number of rotatable bonds is 3. The molecule has 0 unspecified atom stereocenters. The molecule has 0 spiro atoms. The molecule has 0 heterocycles. The van der Waals surface area contributed by atoms with E-state index in [1.165, 1.54) is 20.3 Å². The first-order valence-corrected chi connectivity index (χ1v) is 3.97. The Labute approximate surface area is 81.2 Å². The molecule has 1 aromatic rings. The fourth-order valence-electron chi connectivity index (χ4n) is 0.960. The number of carbonyl (C=O) groups is 1. The third kappa shape index (κ3) is 1.92. The molecule has 0 fully saturated rings. The van der Waals surface area contributed by atoms with Crippen molar-refractivity contribution in [2.75, 3.05) is 14.2 Å². The highest BCUT2D eigenvalue weighted by atomic mass is 35.5. The van der Waals surface area contributed by atoms with Crippen molar-refractivity contribution in [2.45, 2.75) is 0 Å². The number of ether oxygens (including phenoxy) is 2. The predicted octanol–water partition coefficient (Wildman–Crippen LogP) is 2.17. The van der Waals surface area contributed by atoms with Crippen LogP contribution in [0, 0.1) is 0 Å². The van der Waals surface area contributed by atoms with Gasteiger partial charge in [-0.1, -0.05) is 11.6 Å². The molecule has 13 heavy (non-hydrogen) atoms. The Morgan fingerprint density at radius 2 is 1.77 bits per heavy atom. The van der Waals surface area contributed by atoms with Gasteiger partial charge in [0, 0.05) is 11.6 Å². The minimum absolute atomic E-state index is 0.354.